The van der Waals surface area contributed by atoms with Crippen LogP contribution in [0.1, 0.15) is 38.6 Å². The molecule has 1 aromatic carbocycles. The number of rotatable bonds is 9. The average Bonchev–Trinajstić information content (AvgIpc) is 3.38. The SMILES string of the molecule is C[C@@H]1C[C@H]1[C@@H](C)Nc1cc(-c2nnc([C@](C)(N)Cc3ccccc3)o2)cc(N(C)S(C)(=O)=O)n1.O=C(O)C(F)(F)F. The van der Waals surface area contributed by atoms with Gasteiger partial charge in [0.25, 0.3) is 0 Å². The highest BCUT2D eigenvalue weighted by molar-refractivity contribution is 7.92. The number of aliphatic carboxylic acids is 1. The first-order valence-electron chi connectivity index (χ1n) is 12.6. The van der Waals surface area contributed by atoms with Crippen LogP contribution in [-0.4, -0.2) is 60.2 Å². The van der Waals surface area contributed by atoms with Gasteiger partial charge in [-0.3, -0.25) is 4.31 Å². The number of hydrogen-bond acceptors (Lipinski definition) is 9. The smallest absolute Gasteiger partial charge is 0.475 e. The molecule has 4 rings (SSSR count). The Labute approximate surface area is 236 Å². The first-order chi connectivity index (χ1) is 18.9. The minimum atomic E-state index is -5.08. The number of nitrogens with zero attached hydrogens (tertiary/aromatic N) is 4. The molecule has 41 heavy (non-hydrogen) atoms. The molecule has 0 aliphatic heterocycles. The Morgan fingerprint density at radius 2 is 1.83 bits per heavy atom. The van der Waals surface area contributed by atoms with Crippen LogP contribution in [0.2, 0.25) is 0 Å². The van der Waals surface area contributed by atoms with Crippen LogP contribution >= 0.6 is 0 Å². The second-order valence-corrected chi connectivity index (χ2v) is 12.4. The third kappa shape index (κ3) is 8.63. The van der Waals surface area contributed by atoms with Gasteiger partial charge < -0.3 is 20.6 Å². The van der Waals surface area contributed by atoms with Gasteiger partial charge in [-0.25, -0.2) is 18.2 Å². The molecule has 0 unspecified atom stereocenters. The predicted octanol–water partition coefficient (Wildman–Crippen LogP) is 4.03. The van der Waals surface area contributed by atoms with Crippen molar-refractivity contribution < 1.29 is 35.9 Å². The average molecular weight is 599 g/mol. The number of carbonyl (C=O) groups is 1. The van der Waals surface area contributed by atoms with Crippen molar-refractivity contribution >= 4 is 27.6 Å². The molecule has 0 saturated heterocycles. The molecule has 1 saturated carbocycles. The van der Waals surface area contributed by atoms with Gasteiger partial charge in [-0.1, -0.05) is 37.3 Å². The molecule has 11 nitrogen and oxygen atoms in total. The predicted molar refractivity (Wildman–Crippen MR) is 147 cm³/mol. The van der Waals surface area contributed by atoms with Crippen LogP contribution in [0.4, 0.5) is 24.8 Å². The van der Waals surface area contributed by atoms with Gasteiger partial charge in [-0.05, 0) is 56.2 Å². The second kappa shape index (κ2) is 12.0. The van der Waals surface area contributed by atoms with E-state index in [9.17, 15) is 21.6 Å². The van der Waals surface area contributed by atoms with Gasteiger partial charge in [0.1, 0.15) is 11.6 Å². The fourth-order valence-corrected chi connectivity index (χ4v) is 4.53. The third-order valence-corrected chi connectivity index (χ3v) is 7.82. The van der Waals surface area contributed by atoms with Gasteiger partial charge in [-0.2, -0.15) is 13.2 Å². The molecule has 2 aromatic heterocycles. The second-order valence-electron chi connectivity index (χ2n) is 10.4. The van der Waals surface area contributed by atoms with Crippen LogP contribution in [0.5, 0.6) is 0 Å². The molecule has 1 aliphatic carbocycles. The lowest BCUT2D eigenvalue weighted by Crippen LogP contribution is -2.35. The largest absolute Gasteiger partial charge is 0.490 e. The zero-order valence-electron chi connectivity index (χ0n) is 23.2. The molecule has 0 bridgehead atoms. The molecule has 3 aromatic rings. The van der Waals surface area contributed by atoms with E-state index >= 15 is 0 Å². The van der Waals surface area contributed by atoms with E-state index < -0.39 is 27.7 Å². The zero-order chi connectivity index (χ0) is 30.8. The normalized spacial score (nSPS) is 18.9. The van der Waals surface area contributed by atoms with E-state index in [1.54, 1.807) is 12.1 Å². The number of halogens is 3. The van der Waals surface area contributed by atoms with Gasteiger partial charge in [0.2, 0.25) is 21.8 Å². The van der Waals surface area contributed by atoms with E-state index in [-0.39, 0.29) is 17.8 Å². The van der Waals surface area contributed by atoms with E-state index in [1.165, 1.54) is 7.05 Å². The molecule has 1 aliphatic rings. The molecule has 1 fully saturated rings. The Morgan fingerprint density at radius 3 is 2.34 bits per heavy atom. The minimum Gasteiger partial charge on any atom is -0.475 e. The number of anilines is 2. The van der Waals surface area contributed by atoms with Crippen LogP contribution in [0.15, 0.2) is 46.9 Å². The Balaban J connectivity index is 0.000000587. The van der Waals surface area contributed by atoms with Crippen molar-refractivity contribution in [3.8, 4) is 11.5 Å². The number of carboxylic acid groups (broad SMARTS) is 1. The Hall–Kier alpha value is -3.72. The molecular formula is C26H33F3N6O5S. The van der Waals surface area contributed by atoms with Gasteiger partial charge in [0.05, 0.1) is 11.8 Å². The van der Waals surface area contributed by atoms with Gasteiger partial charge in [0.15, 0.2) is 0 Å². The Kier molecular flexibility index (Phi) is 9.33. The monoisotopic (exact) mass is 598 g/mol. The summed E-state index contributed by atoms with van der Waals surface area (Å²) in [6.45, 7) is 6.17. The molecule has 4 N–H and O–H groups in total. The number of alkyl halides is 3. The van der Waals surface area contributed by atoms with Crippen molar-refractivity contribution in [3.05, 3.63) is 53.9 Å². The highest BCUT2D eigenvalue weighted by atomic mass is 32.2. The number of sulfonamides is 1. The number of aromatic nitrogens is 3. The molecule has 0 spiro atoms. The van der Waals surface area contributed by atoms with Gasteiger partial charge in [-0.15, -0.1) is 10.2 Å². The van der Waals surface area contributed by atoms with Crippen LogP contribution in [0.3, 0.4) is 0 Å². The van der Waals surface area contributed by atoms with Crippen molar-refractivity contribution in [2.75, 3.05) is 22.9 Å². The summed E-state index contributed by atoms with van der Waals surface area (Å²) in [5.74, 6) is -0.168. The molecule has 2 heterocycles. The van der Waals surface area contributed by atoms with Crippen LogP contribution < -0.4 is 15.4 Å². The summed E-state index contributed by atoms with van der Waals surface area (Å²) >= 11 is 0. The van der Waals surface area contributed by atoms with Crippen LogP contribution in [-0.2, 0) is 26.8 Å². The maximum atomic E-state index is 12.2. The quantitative estimate of drug-likeness (QED) is 0.327. The number of hydrogen-bond donors (Lipinski definition) is 3. The Bertz CT molecular complexity index is 1460. The van der Waals surface area contributed by atoms with Crippen molar-refractivity contribution in [2.24, 2.45) is 17.6 Å². The first-order valence-corrected chi connectivity index (χ1v) is 14.4. The van der Waals surface area contributed by atoms with E-state index in [4.69, 9.17) is 20.1 Å². The molecule has 224 valence electrons. The lowest BCUT2D eigenvalue weighted by molar-refractivity contribution is -0.192. The number of pyridine rings is 1. The number of carboxylic acids is 1. The fraction of sp³-hybridized carbons (Fsp3) is 0.462. The molecular weight excluding hydrogens is 565 g/mol. The van der Waals surface area contributed by atoms with Crippen LogP contribution in [0.25, 0.3) is 11.5 Å². The highest BCUT2D eigenvalue weighted by Gasteiger charge is 2.38. The van der Waals surface area contributed by atoms with Gasteiger partial charge in [0, 0.05) is 18.7 Å². The summed E-state index contributed by atoms with van der Waals surface area (Å²) < 4.78 is 63.2. The molecule has 4 atom stereocenters. The molecule has 0 radical (unpaired) electrons. The lowest BCUT2D eigenvalue weighted by Gasteiger charge is -2.20. The molecule has 15 heteroatoms. The highest BCUT2D eigenvalue weighted by Crippen LogP contribution is 2.41. The summed E-state index contributed by atoms with van der Waals surface area (Å²) in [6, 6.07) is 13.5. The van der Waals surface area contributed by atoms with E-state index in [0.29, 0.717) is 35.5 Å². The van der Waals surface area contributed by atoms with E-state index in [1.807, 2.05) is 37.3 Å². The fourth-order valence-electron chi connectivity index (χ4n) is 4.10. The summed E-state index contributed by atoms with van der Waals surface area (Å²) in [6.07, 6.45) is -2.26. The molecule has 0 amide bonds. The van der Waals surface area contributed by atoms with Crippen LogP contribution in [0, 0.1) is 11.8 Å². The maximum Gasteiger partial charge on any atom is 0.490 e. The van der Waals surface area contributed by atoms with E-state index in [2.05, 4.69) is 34.3 Å². The standard InChI is InChI=1S/C24H32N6O3S.C2HF3O2/c1-15-11-19(15)16(2)26-20-12-18(13-21(27-20)30(4)34(5,31)32)22-28-29-23(33-22)24(3,25)14-17-9-7-6-8-10-17;3-2(4,5)1(6)7/h6-10,12-13,15-16,19H,11,14,25H2,1-5H3,(H,26,27);(H,6,7)/t15-,16-,19-,24-;/m1./s1. The van der Waals surface area contributed by atoms with E-state index in [0.717, 1.165) is 22.5 Å². The van der Waals surface area contributed by atoms with Crippen molar-refractivity contribution in [1.29, 1.82) is 0 Å². The summed E-state index contributed by atoms with van der Waals surface area (Å²) in [7, 11) is -2.04. The topological polar surface area (TPSA) is 165 Å². The zero-order valence-corrected chi connectivity index (χ0v) is 24.0. The number of benzene rings is 1. The van der Waals surface area contributed by atoms with Crippen molar-refractivity contribution in [2.45, 2.75) is 51.4 Å². The summed E-state index contributed by atoms with van der Waals surface area (Å²) in [5, 5.41) is 19.0. The first kappa shape index (κ1) is 31.8. The lowest BCUT2D eigenvalue weighted by atomic mass is 9.94. The summed E-state index contributed by atoms with van der Waals surface area (Å²) in [4.78, 5) is 13.4. The van der Waals surface area contributed by atoms with Gasteiger partial charge >= 0.3 is 12.1 Å². The summed E-state index contributed by atoms with van der Waals surface area (Å²) in [5.41, 5.74) is 7.29. The number of nitrogens with two attached hydrogens (primary N) is 1. The third-order valence-electron chi connectivity index (χ3n) is 6.64. The number of nitrogens with one attached hydrogen (secondary N) is 1. The van der Waals surface area contributed by atoms with Crippen molar-refractivity contribution in [3.63, 3.8) is 0 Å². The maximum absolute atomic E-state index is 12.2. The Morgan fingerprint density at radius 1 is 1.24 bits per heavy atom. The van der Waals surface area contributed by atoms with Crippen molar-refractivity contribution in [1.82, 2.24) is 15.2 Å². The minimum absolute atomic E-state index is 0.200.